The highest BCUT2D eigenvalue weighted by Crippen LogP contribution is 2.24. The summed E-state index contributed by atoms with van der Waals surface area (Å²) < 4.78 is 40.3. The molecular formula is C30H35ClFN3O4S. The molecular weight excluding hydrogens is 553 g/mol. The van der Waals surface area contributed by atoms with Gasteiger partial charge in [0.25, 0.3) is 0 Å². The van der Waals surface area contributed by atoms with E-state index < -0.39 is 21.9 Å². The first-order valence-corrected chi connectivity index (χ1v) is 15.3. The summed E-state index contributed by atoms with van der Waals surface area (Å²) in [7, 11) is -3.81. The van der Waals surface area contributed by atoms with Crippen LogP contribution in [0.4, 0.5) is 10.1 Å². The van der Waals surface area contributed by atoms with E-state index in [1.54, 1.807) is 24.3 Å². The van der Waals surface area contributed by atoms with Crippen molar-refractivity contribution in [3.8, 4) is 0 Å². The van der Waals surface area contributed by atoms with E-state index in [1.165, 1.54) is 23.1 Å². The van der Waals surface area contributed by atoms with E-state index in [1.807, 2.05) is 50.2 Å². The molecule has 0 aliphatic carbocycles. The molecule has 0 aromatic heterocycles. The topological polar surface area (TPSA) is 86.8 Å². The first kappa shape index (κ1) is 31.1. The van der Waals surface area contributed by atoms with Gasteiger partial charge in [-0.1, -0.05) is 72.3 Å². The number of carbonyl (C=O) groups is 2. The van der Waals surface area contributed by atoms with E-state index in [0.717, 1.165) is 16.1 Å². The lowest BCUT2D eigenvalue weighted by atomic mass is 10.0. The third-order valence-electron chi connectivity index (χ3n) is 6.27. The van der Waals surface area contributed by atoms with Crippen LogP contribution in [-0.2, 0) is 32.6 Å². The Morgan fingerprint density at radius 1 is 0.950 bits per heavy atom. The normalized spacial score (nSPS) is 12.2. The quantitative estimate of drug-likeness (QED) is 0.298. The van der Waals surface area contributed by atoms with Gasteiger partial charge in [-0.3, -0.25) is 13.9 Å². The maximum atomic E-state index is 14.4. The number of para-hydroxylation sites is 1. The minimum absolute atomic E-state index is 0.0643. The third kappa shape index (κ3) is 8.79. The largest absolute Gasteiger partial charge is 0.352 e. The van der Waals surface area contributed by atoms with Crippen LogP contribution in [0.5, 0.6) is 0 Å². The van der Waals surface area contributed by atoms with Crippen LogP contribution in [0.1, 0.15) is 37.8 Å². The molecule has 0 saturated carbocycles. The Labute approximate surface area is 241 Å². The fraction of sp³-hybridized carbons (Fsp3) is 0.333. The zero-order valence-corrected chi connectivity index (χ0v) is 24.5. The molecule has 0 unspecified atom stereocenters. The maximum Gasteiger partial charge on any atom is 0.243 e. The number of hydrogen-bond donors (Lipinski definition) is 1. The van der Waals surface area contributed by atoms with Gasteiger partial charge >= 0.3 is 0 Å². The number of amides is 2. The van der Waals surface area contributed by atoms with Crippen molar-refractivity contribution in [1.82, 2.24) is 10.2 Å². The summed E-state index contributed by atoms with van der Waals surface area (Å²) in [6.07, 6.45) is 1.33. The molecule has 40 heavy (non-hydrogen) atoms. The van der Waals surface area contributed by atoms with Gasteiger partial charge in [0.1, 0.15) is 11.9 Å². The van der Waals surface area contributed by atoms with Crippen molar-refractivity contribution in [1.29, 1.82) is 0 Å². The average Bonchev–Trinajstić information content (AvgIpc) is 2.89. The molecule has 214 valence electrons. The van der Waals surface area contributed by atoms with Gasteiger partial charge in [-0.05, 0) is 49.6 Å². The number of nitrogens with one attached hydrogen (secondary N) is 1. The number of hydrogen-bond acceptors (Lipinski definition) is 4. The number of halogens is 2. The molecule has 0 heterocycles. The highest BCUT2D eigenvalue weighted by molar-refractivity contribution is 7.92. The van der Waals surface area contributed by atoms with Crippen molar-refractivity contribution >= 4 is 39.1 Å². The second kappa shape index (κ2) is 14.3. The molecule has 0 bridgehead atoms. The number of nitrogens with zero attached hydrogens (tertiary/aromatic N) is 2. The standard InChI is InChI=1S/C30H35ClFN3O4S/c1-22(2)33-30(37)28(20-23-12-5-4-6-13-23)34(21-24-14-7-8-15-25(24)31)29(36)18-11-19-35(40(3,38)39)27-17-10-9-16-26(27)32/h4-10,12-17,22,28H,11,18-21H2,1-3H3,(H,33,37)/t28-/m0/s1. The molecule has 3 aromatic carbocycles. The highest BCUT2D eigenvalue weighted by Gasteiger charge is 2.31. The Hall–Kier alpha value is -3.43. The van der Waals surface area contributed by atoms with Gasteiger partial charge in [-0.2, -0.15) is 0 Å². The van der Waals surface area contributed by atoms with E-state index in [-0.39, 0.29) is 55.9 Å². The SMILES string of the molecule is CC(C)NC(=O)[C@H](Cc1ccccc1)N(Cc1ccccc1Cl)C(=O)CCCN(c1ccccc1F)S(C)(=O)=O. The second-order valence-corrected chi connectivity index (χ2v) is 12.2. The van der Waals surface area contributed by atoms with Crippen molar-refractivity contribution in [2.75, 3.05) is 17.1 Å². The van der Waals surface area contributed by atoms with E-state index in [0.29, 0.717) is 10.6 Å². The van der Waals surface area contributed by atoms with Crippen molar-refractivity contribution in [3.63, 3.8) is 0 Å². The van der Waals surface area contributed by atoms with Gasteiger partial charge in [0.15, 0.2) is 0 Å². The Balaban J connectivity index is 1.90. The molecule has 3 rings (SSSR count). The van der Waals surface area contributed by atoms with Crippen LogP contribution >= 0.6 is 11.6 Å². The molecule has 0 fully saturated rings. The van der Waals surface area contributed by atoms with Gasteiger partial charge in [0.05, 0.1) is 11.9 Å². The third-order valence-corrected chi connectivity index (χ3v) is 7.82. The van der Waals surface area contributed by atoms with Gasteiger partial charge in [-0.15, -0.1) is 0 Å². The lowest BCUT2D eigenvalue weighted by Gasteiger charge is -2.32. The first-order chi connectivity index (χ1) is 19.0. The van der Waals surface area contributed by atoms with E-state index in [9.17, 15) is 22.4 Å². The van der Waals surface area contributed by atoms with Crippen LogP contribution in [0.15, 0.2) is 78.9 Å². The summed E-state index contributed by atoms with van der Waals surface area (Å²) in [4.78, 5) is 28.7. The maximum absolute atomic E-state index is 14.4. The smallest absolute Gasteiger partial charge is 0.243 e. The Kier molecular flexibility index (Phi) is 11.1. The lowest BCUT2D eigenvalue weighted by molar-refractivity contribution is -0.141. The molecule has 0 spiro atoms. The zero-order chi connectivity index (χ0) is 29.3. The summed E-state index contributed by atoms with van der Waals surface area (Å²) in [5.74, 6) is -1.32. The van der Waals surface area contributed by atoms with Gasteiger partial charge in [-0.25, -0.2) is 12.8 Å². The summed E-state index contributed by atoms with van der Waals surface area (Å²) in [5.41, 5.74) is 1.48. The Morgan fingerprint density at radius 3 is 2.20 bits per heavy atom. The number of sulfonamides is 1. The highest BCUT2D eigenvalue weighted by atomic mass is 35.5. The van der Waals surface area contributed by atoms with Crippen molar-refractivity contribution in [2.45, 2.75) is 51.7 Å². The van der Waals surface area contributed by atoms with Crippen molar-refractivity contribution < 1.29 is 22.4 Å². The lowest BCUT2D eigenvalue weighted by Crippen LogP contribution is -2.51. The van der Waals surface area contributed by atoms with Gasteiger partial charge < -0.3 is 10.2 Å². The molecule has 3 aromatic rings. The van der Waals surface area contributed by atoms with Crippen molar-refractivity contribution in [2.24, 2.45) is 0 Å². The van der Waals surface area contributed by atoms with E-state index in [4.69, 9.17) is 11.6 Å². The predicted molar refractivity (Wildman–Crippen MR) is 157 cm³/mol. The van der Waals surface area contributed by atoms with Crippen LogP contribution in [-0.4, -0.2) is 50.0 Å². The Morgan fingerprint density at radius 2 is 1.57 bits per heavy atom. The number of carbonyl (C=O) groups excluding carboxylic acids is 2. The second-order valence-electron chi connectivity index (χ2n) is 9.87. The molecule has 1 N–H and O–H groups in total. The summed E-state index contributed by atoms with van der Waals surface area (Å²) in [6.45, 7) is 3.68. The molecule has 0 aliphatic rings. The van der Waals surface area contributed by atoms with Crippen LogP contribution < -0.4 is 9.62 Å². The molecule has 2 amide bonds. The van der Waals surface area contributed by atoms with Gasteiger partial charge in [0.2, 0.25) is 21.8 Å². The Bertz CT molecular complexity index is 1400. The molecule has 1 atom stereocenters. The first-order valence-electron chi connectivity index (χ1n) is 13.1. The van der Waals surface area contributed by atoms with Gasteiger partial charge in [0, 0.05) is 37.0 Å². The van der Waals surface area contributed by atoms with E-state index >= 15 is 0 Å². The monoisotopic (exact) mass is 587 g/mol. The molecule has 0 aliphatic heterocycles. The van der Waals surface area contributed by atoms with Crippen LogP contribution in [0.25, 0.3) is 0 Å². The van der Waals surface area contributed by atoms with E-state index in [2.05, 4.69) is 5.32 Å². The molecule has 0 radical (unpaired) electrons. The fourth-order valence-electron chi connectivity index (χ4n) is 4.38. The van der Waals surface area contributed by atoms with Crippen LogP contribution in [0.2, 0.25) is 5.02 Å². The number of anilines is 1. The molecule has 0 saturated heterocycles. The number of rotatable bonds is 13. The number of benzene rings is 3. The fourth-order valence-corrected chi connectivity index (χ4v) is 5.54. The molecule has 10 heteroatoms. The summed E-state index contributed by atoms with van der Waals surface area (Å²) >= 11 is 6.43. The van der Waals surface area contributed by atoms with Crippen LogP contribution in [0.3, 0.4) is 0 Å². The summed E-state index contributed by atoms with van der Waals surface area (Å²) in [6, 6.07) is 21.1. The minimum Gasteiger partial charge on any atom is -0.352 e. The minimum atomic E-state index is -3.81. The summed E-state index contributed by atoms with van der Waals surface area (Å²) in [5, 5.41) is 3.39. The average molecular weight is 588 g/mol. The zero-order valence-electron chi connectivity index (χ0n) is 22.9. The predicted octanol–water partition coefficient (Wildman–Crippen LogP) is 5.19. The van der Waals surface area contributed by atoms with Crippen molar-refractivity contribution in [3.05, 3.63) is 101 Å². The van der Waals surface area contributed by atoms with Crippen LogP contribution in [0, 0.1) is 5.82 Å². The molecule has 7 nitrogen and oxygen atoms in total.